The molecule has 0 aliphatic rings. The normalized spacial score (nSPS) is 10.8. The van der Waals surface area contributed by atoms with E-state index in [0.717, 1.165) is 39.2 Å². The number of aryl methyl sites for hydroxylation is 1. The molecule has 7 heteroatoms. The number of ether oxygens (including phenoxy) is 1. The fourth-order valence-electron chi connectivity index (χ4n) is 3.11. The van der Waals surface area contributed by atoms with Gasteiger partial charge in [0.25, 0.3) is 0 Å². The van der Waals surface area contributed by atoms with Gasteiger partial charge in [-0.05, 0) is 60.4 Å². The van der Waals surface area contributed by atoms with E-state index in [4.69, 9.17) is 10.5 Å². The molecular weight excluding hydrogens is 431 g/mol. The van der Waals surface area contributed by atoms with Crippen LogP contribution in [0.15, 0.2) is 60.8 Å². The molecule has 31 heavy (non-hydrogen) atoms. The Kier molecular flexibility index (Phi) is 8.08. The summed E-state index contributed by atoms with van der Waals surface area (Å²) in [5.41, 5.74) is 10.6. The van der Waals surface area contributed by atoms with Gasteiger partial charge in [0.1, 0.15) is 17.0 Å². The number of rotatable bonds is 5. The van der Waals surface area contributed by atoms with E-state index in [0.29, 0.717) is 17.6 Å². The molecule has 3 N–H and O–H groups in total. The lowest BCUT2D eigenvalue weighted by molar-refractivity contribution is 0.479. The standard InChI is InChI=1S/C24H24N4O.2ClH/c1-15(2)7-8-17-5-4-6-19(14-17)29-21-10-9-18(13-16(21)3)24-27-20-11-12-26-22(20)23(25)28-24;;/h4-15,26H,1-3H3,(H2,25,27,28);2*1H/b8-7+;;. The summed E-state index contributed by atoms with van der Waals surface area (Å²) in [5, 5.41) is 0. The van der Waals surface area contributed by atoms with E-state index in [9.17, 15) is 0 Å². The van der Waals surface area contributed by atoms with Crippen LogP contribution in [0.2, 0.25) is 0 Å². The predicted molar refractivity (Wildman–Crippen MR) is 133 cm³/mol. The van der Waals surface area contributed by atoms with Crippen molar-refractivity contribution in [3.05, 3.63) is 71.9 Å². The molecule has 0 unspecified atom stereocenters. The van der Waals surface area contributed by atoms with E-state index in [1.54, 1.807) is 0 Å². The Bertz CT molecular complexity index is 1200. The van der Waals surface area contributed by atoms with Gasteiger partial charge in [0, 0.05) is 11.8 Å². The number of nitrogens with zero attached hydrogens (tertiary/aromatic N) is 2. The molecule has 0 amide bonds. The number of hydrogen-bond acceptors (Lipinski definition) is 4. The van der Waals surface area contributed by atoms with E-state index in [1.165, 1.54) is 0 Å². The first-order valence-corrected chi connectivity index (χ1v) is 9.67. The largest absolute Gasteiger partial charge is 0.457 e. The van der Waals surface area contributed by atoms with Gasteiger partial charge in [-0.1, -0.05) is 38.1 Å². The van der Waals surface area contributed by atoms with Crippen molar-refractivity contribution >= 4 is 47.7 Å². The van der Waals surface area contributed by atoms with Crippen LogP contribution in [0.3, 0.4) is 0 Å². The van der Waals surface area contributed by atoms with Crippen molar-refractivity contribution < 1.29 is 4.74 Å². The molecule has 0 radical (unpaired) electrons. The minimum atomic E-state index is 0. The van der Waals surface area contributed by atoms with Crippen LogP contribution in [0.4, 0.5) is 5.82 Å². The molecule has 2 aromatic carbocycles. The first kappa shape index (κ1) is 24.3. The highest BCUT2D eigenvalue weighted by molar-refractivity contribution is 5.86. The molecule has 0 saturated heterocycles. The second-order valence-electron chi connectivity index (χ2n) is 7.43. The van der Waals surface area contributed by atoms with E-state index in [-0.39, 0.29) is 24.8 Å². The number of aromatic nitrogens is 3. The zero-order valence-electron chi connectivity index (χ0n) is 17.6. The quantitative estimate of drug-likeness (QED) is 0.345. The van der Waals surface area contributed by atoms with Crippen LogP contribution in [-0.2, 0) is 0 Å². The lowest BCUT2D eigenvalue weighted by Gasteiger charge is -2.11. The Morgan fingerprint density at radius 1 is 1.03 bits per heavy atom. The van der Waals surface area contributed by atoms with Gasteiger partial charge >= 0.3 is 0 Å². The third-order valence-electron chi connectivity index (χ3n) is 4.63. The predicted octanol–water partition coefficient (Wildman–Crippen LogP) is 6.82. The zero-order valence-corrected chi connectivity index (χ0v) is 19.3. The number of allylic oxidation sites excluding steroid dienone is 1. The van der Waals surface area contributed by atoms with Gasteiger partial charge in [0.2, 0.25) is 0 Å². The maximum Gasteiger partial charge on any atom is 0.162 e. The highest BCUT2D eigenvalue weighted by atomic mass is 35.5. The molecule has 0 saturated carbocycles. The Balaban J connectivity index is 0.00000171. The molecule has 2 heterocycles. The fraction of sp³-hybridized carbons (Fsp3) is 0.167. The number of nitrogen functional groups attached to an aromatic ring is 1. The Morgan fingerprint density at radius 2 is 1.84 bits per heavy atom. The van der Waals surface area contributed by atoms with E-state index >= 15 is 0 Å². The first-order valence-electron chi connectivity index (χ1n) is 9.67. The molecule has 162 valence electrons. The molecule has 0 atom stereocenters. The molecule has 0 spiro atoms. The number of aromatic amines is 1. The van der Waals surface area contributed by atoms with Crippen molar-refractivity contribution in [2.45, 2.75) is 20.8 Å². The monoisotopic (exact) mass is 456 g/mol. The van der Waals surface area contributed by atoms with Crippen LogP contribution in [0, 0.1) is 12.8 Å². The van der Waals surface area contributed by atoms with Gasteiger partial charge < -0.3 is 15.5 Å². The van der Waals surface area contributed by atoms with Crippen molar-refractivity contribution in [2.24, 2.45) is 5.92 Å². The summed E-state index contributed by atoms with van der Waals surface area (Å²) >= 11 is 0. The number of hydrogen-bond donors (Lipinski definition) is 2. The van der Waals surface area contributed by atoms with E-state index in [1.807, 2.05) is 55.6 Å². The Morgan fingerprint density at radius 3 is 2.58 bits per heavy atom. The van der Waals surface area contributed by atoms with Crippen molar-refractivity contribution in [3.63, 3.8) is 0 Å². The molecule has 0 bridgehead atoms. The topological polar surface area (TPSA) is 76.8 Å². The third kappa shape index (κ3) is 5.57. The Labute approximate surface area is 194 Å². The maximum absolute atomic E-state index is 6.12. The number of halogens is 2. The first-order chi connectivity index (χ1) is 14.0. The fourth-order valence-corrected chi connectivity index (χ4v) is 3.11. The van der Waals surface area contributed by atoms with Crippen LogP contribution >= 0.6 is 24.8 Å². The second kappa shape index (κ2) is 10.3. The lowest BCUT2D eigenvalue weighted by Crippen LogP contribution is -1.97. The average Bonchev–Trinajstić information content (AvgIpc) is 3.17. The number of anilines is 1. The summed E-state index contributed by atoms with van der Waals surface area (Å²) in [6.07, 6.45) is 6.10. The number of fused-ring (bicyclic) bond motifs is 1. The minimum absolute atomic E-state index is 0. The van der Waals surface area contributed by atoms with Crippen LogP contribution in [0.25, 0.3) is 28.5 Å². The zero-order chi connectivity index (χ0) is 20.4. The molecule has 0 aliphatic carbocycles. The van der Waals surface area contributed by atoms with Crippen molar-refractivity contribution in [1.29, 1.82) is 0 Å². The van der Waals surface area contributed by atoms with Crippen LogP contribution in [-0.4, -0.2) is 15.0 Å². The smallest absolute Gasteiger partial charge is 0.162 e. The van der Waals surface area contributed by atoms with Crippen LogP contribution in [0.1, 0.15) is 25.0 Å². The van der Waals surface area contributed by atoms with Crippen LogP contribution < -0.4 is 10.5 Å². The Hall–Kier alpha value is -3.02. The number of nitrogens with two attached hydrogens (primary N) is 1. The summed E-state index contributed by atoms with van der Waals surface area (Å²) in [7, 11) is 0. The number of H-pyrrole nitrogens is 1. The van der Waals surface area contributed by atoms with Crippen molar-refractivity contribution in [3.8, 4) is 22.9 Å². The minimum Gasteiger partial charge on any atom is -0.457 e. The molecule has 0 fully saturated rings. The lowest BCUT2D eigenvalue weighted by atomic mass is 10.1. The maximum atomic E-state index is 6.12. The average molecular weight is 457 g/mol. The van der Waals surface area contributed by atoms with Gasteiger partial charge in [0.05, 0.1) is 5.52 Å². The van der Waals surface area contributed by atoms with Crippen molar-refractivity contribution in [2.75, 3.05) is 5.73 Å². The molecule has 4 aromatic rings. The van der Waals surface area contributed by atoms with Gasteiger partial charge in [-0.15, -0.1) is 24.8 Å². The summed E-state index contributed by atoms with van der Waals surface area (Å²) < 4.78 is 6.12. The number of benzene rings is 2. The second-order valence-corrected chi connectivity index (χ2v) is 7.43. The van der Waals surface area contributed by atoms with Gasteiger partial charge in [-0.25, -0.2) is 9.97 Å². The molecule has 2 aromatic heterocycles. The highest BCUT2D eigenvalue weighted by Crippen LogP contribution is 2.30. The molecule has 4 rings (SSSR count). The summed E-state index contributed by atoms with van der Waals surface area (Å²) in [5.74, 6) is 3.16. The SMILES string of the molecule is Cc1cc(-c2nc(N)c3[nH]ccc3n2)ccc1Oc1cccc(/C=C/C(C)C)c1.Cl.Cl. The molecule has 0 aliphatic heterocycles. The summed E-state index contributed by atoms with van der Waals surface area (Å²) in [4.78, 5) is 12.1. The van der Waals surface area contributed by atoms with E-state index in [2.05, 4.69) is 47.0 Å². The van der Waals surface area contributed by atoms with Crippen LogP contribution in [0.5, 0.6) is 11.5 Å². The number of nitrogens with one attached hydrogen (secondary N) is 1. The van der Waals surface area contributed by atoms with Crippen molar-refractivity contribution in [1.82, 2.24) is 15.0 Å². The summed E-state index contributed by atoms with van der Waals surface area (Å²) in [6, 6.07) is 15.9. The molecular formula is C24H26Cl2N4O. The summed E-state index contributed by atoms with van der Waals surface area (Å²) in [6.45, 7) is 6.33. The van der Waals surface area contributed by atoms with Gasteiger partial charge in [-0.3, -0.25) is 0 Å². The van der Waals surface area contributed by atoms with E-state index < -0.39 is 0 Å². The third-order valence-corrected chi connectivity index (χ3v) is 4.63. The van der Waals surface area contributed by atoms with Gasteiger partial charge in [0.15, 0.2) is 11.6 Å². The molecule has 5 nitrogen and oxygen atoms in total. The highest BCUT2D eigenvalue weighted by Gasteiger charge is 2.10. The van der Waals surface area contributed by atoms with Gasteiger partial charge in [-0.2, -0.15) is 0 Å².